The molecule has 5 heterocycles. The average molecular weight is 384 g/mol. The molecule has 1 saturated carbocycles. The molecular formula is C19H24N6O3. The maximum Gasteiger partial charge on any atom is 0.233 e. The molecule has 3 saturated heterocycles. The van der Waals surface area contributed by atoms with Gasteiger partial charge in [-0.05, 0) is 50.9 Å². The van der Waals surface area contributed by atoms with Gasteiger partial charge in [0.15, 0.2) is 5.65 Å². The lowest BCUT2D eigenvalue weighted by Crippen LogP contribution is -2.60. The summed E-state index contributed by atoms with van der Waals surface area (Å²) in [4.78, 5) is 29.0. The third-order valence-corrected chi connectivity index (χ3v) is 6.57. The van der Waals surface area contributed by atoms with E-state index in [1.54, 1.807) is 10.7 Å². The van der Waals surface area contributed by atoms with Crippen molar-refractivity contribution in [3.8, 4) is 0 Å². The number of amides is 2. The van der Waals surface area contributed by atoms with Crippen molar-refractivity contribution < 1.29 is 14.3 Å². The van der Waals surface area contributed by atoms with Gasteiger partial charge >= 0.3 is 0 Å². The Labute approximate surface area is 162 Å². The number of aromatic nitrogens is 3. The van der Waals surface area contributed by atoms with E-state index in [-0.39, 0.29) is 11.8 Å². The number of fused-ring (bicyclic) bond motifs is 1. The maximum atomic E-state index is 13.5. The fraction of sp³-hybridized carbons (Fsp3) is 0.579. The fourth-order valence-electron chi connectivity index (χ4n) is 5.32. The van der Waals surface area contributed by atoms with Crippen molar-refractivity contribution in [3.63, 3.8) is 0 Å². The minimum atomic E-state index is -0.565. The second kappa shape index (κ2) is 5.99. The van der Waals surface area contributed by atoms with Crippen molar-refractivity contribution in [2.75, 3.05) is 25.0 Å². The van der Waals surface area contributed by atoms with Gasteiger partial charge in [-0.3, -0.25) is 9.59 Å². The van der Waals surface area contributed by atoms with Crippen molar-refractivity contribution >= 4 is 23.1 Å². The monoisotopic (exact) mass is 384 g/mol. The van der Waals surface area contributed by atoms with E-state index < -0.39 is 16.6 Å². The lowest BCUT2D eigenvalue weighted by Gasteiger charge is -2.47. The van der Waals surface area contributed by atoms with Crippen molar-refractivity contribution in [2.24, 2.45) is 5.41 Å². The van der Waals surface area contributed by atoms with E-state index in [0.29, 0.717) is 25.1 Å². The molecule has 9 heteroatoms. The van der Waals surface area contributed by atoms with E-state index in [0.717, 1.165) is 31.6 Å². The predicted octanol–water partition coefficient (Wildman–Crippen LogP) is 0.475. The molecule has 148 valence electrons. The van der Waals surface area contributed by atoms with Crippen LogP contribution in [-0.4, -0.2) is 57.2 Å². The number of pyridine rings is 1. The van der Waals surface area contributed by atoms with Gasteiger partial charge in [-0.2, -0.15) is 5.10 Å². The van der Waals surface area contributed by atoms with E-state index in [1.165, 1.54) is 13.3 Å². The Bertz CT molecular complexity index is 942. The number of hydrogen-bond acceptors (Lipinski definition) is 6. The summed E-state index contributed by atoms with van der Waals surface area (Å²) in [5, 5.41) is 13.5. The average Bonchev–Trinajstić information content (AvgIpc) is 3.28. The van der Waals surface area contributed by atoms with Crippen LogP contribution in [0.1, 0.15) is 32.6 Å². The number of rotatable bonds is 4. The molecule has 0 radical (unpaired) electrons. The first-order valence-electron chi connectivity index (χ1n) is 9.72. The molecule has 3 aliphatic heterocycles. The van der Waals surface area contributed by atoms with Crippen LogP contribution in [0.4, 0.5) is 5.69 Å². The highest BCUT2D eigenvalue weighted by Gasteiger charge is 2.77. The Morgan fingerprint density at radius 3 is 2.82 bits per heavy atom. The lowest BCUT2D eigenvalue weighted by atomic mass is 9.53. The van der Waals surface area contributed by atoms with Gasteiger partial charge in [-0.25, -0.2) is 9.50 Å². The topological polar surface area (TPSA) is 110 Å². The van der Waals surface area contributed by atoms with Gasteiger partial charge in [-0.1, -0.05) is 0 Å². The Kier molecular flexibility index (Phi) is 3.76. The van der Waals surface area contributed by atoms with Gasteiger partial charge in [0.05, 0.1) is 28.5 Å². The number of anilines is 1. The molecule has 3 N–H and O–H groups in total. The summed E-state index contributed by atoms with van der Waals surface area (Å²) in [6.07, 6.45) is 6.12. The molecule has 0 aromatic carbocycles. The summed E-state index contributed by atoms with van der Waals surface area (Å²) in [5.41, 5.74) is -0.0555. The Morgan fingerprint density at radius 1 is 1.29 bits per heavy atom. The van der Waals surface area contributed by atoms with E-state index in [1.807, 2.05) is 12.1 Å². The molecule has 6 rings (SSSR count). The number of piperidine rings is 1. The fourth-order valence-corrected chi connectivity index (χ4v) is 5.32. The minimum Gasteiger partial charge on any atom is -0.365 e. The molecular weight excluding hydrogens is 360 g/mol. The van der Waals surface area contributed by atoms with Crippen LogP contribution >= 0.6 is 0 Å². The summed E-state index contributed by atoms with van der Waals surface area (Å²) in [5.74, 6) is -0.0860. The Hall–Kier alpha value is -2.52. The molecule has 0 atom stereocenters. The largest absolute Gasteiger partial charge is 0.365 e. The van der Waals surface area contributed by atoms with E-state index in [4.69, 9.17) is 4.74 Å². The van der Waals surface area contributed by atoms with Crippen LogP contribution in [-0.2, 0) is 14.3 Å². The first kappa shape index (κ1) is 17.6. The van der Waals surface area contributed by atoms with Crippen LogP contribution in [0.25, 0.3) is 5.65 Å². The van der Waals surface area contributed by atoms with Gasteiger partial charge in [0.25, 0.3) is 0 Å². The van der Waals surface area contributed by atoms with Gasteiger partial charge in [-0.15, -0.1) is 0 Å². The van der Waals surface area contributed by atoms with Crippen LogP contribution in [0.15, 0.2) is 24.7 Å². The second-order valence-corrected chi connectivity index (χ2v) is 8.31. The number of nitrogens with zero attached hydrogens (tertiary/aromatic N) is 3. The maximum absolute atomic E-state index is 13.5. The molecule has 2 amide bonds. The van der Waals surface area contributed by atoms with Gasteiger partial charge in [0, 0.05) is 13.5 Å². The number of ether oxygens (including phenoxy) is 1. The third kappa shape index (κ3) is 2.46. The molecule has 2 aromatic rings. The van der Waals surface area contributed by atoms with E-state index >= 15 is 0 Å². The predicted molar refractivity (Wildman–Crippen MR) is 101 cm³/mol. The highest BCUT2D eigenvalue weighted by Crippen LogP contribution is 2.69. The zero-order valence-electron chi connectivity index (χ0n) is 15.8. The number of carbonyl (C=O) groups is 2. The molecule has 28 heavy (non-hydrogen) atoms. The third-order valence-electron chi connectivity index (χ3n) is 6.57. The van der Waals surface area contributed by atoms with Crippen molar-refractivity contribution in [1.29, 1.82) is 0 Å². The summed E-state index contributed by atoms with van der Waals surface area (Å²) in [6.45, 7) is 3.62. The quantitative estimate of drug-likeness (QED) is 0.707. The van der Waals surface area contributed by atoms with Crippen LogP contribution < -0.4 is 16.0 Å². The molecule has 0 unspecified atom stereocenters. The van der Waals surface area contributed by atoms with E-state index in [2.05, 4.69) is 26.0 Å². The standard InChI is InChI=1S/C19H24N6O3/c1-13(26)21-11-17-9-18(10-17,19(28-17)4-6-20-7-5-19)16(27)24-14-2-3-15-22-12-23-25(15)8-14/h2-3,8,12,20H,4-7,9-11H2,1H3,(H,21,26)(H,24,27). The Morgan fingerprint density at radius 2 is 2.07 bits per heavy atom. The second-order valence-electron chi connectivity index (χ2n) is 8.31. The van der Waals surface area contributed by atoms with Gasteiger partial charge in [0.2, 0.25) is 11.8 Å². The van der Waals surface area contributed by atoms with Crippen LogP contribution in [0.3, 0.4) is 0 Å². The molecule has 2 aromatic heterocycles. The molecule has 9 nitrogen and oxygen atoms in total. The highest BCUT2D eigenvalue weighted by molar-refractivity contribution is 5.98. The van der Waals surface area contributed by atoms with Crippen molar-refractivity contribution in [1.82, 2.24) is 25.2 Å². The summed E-state index contributed by atoms with van der Waals surface area (Å²) < 4.78 is 8.22. The van der Waals surface area contributed by atoms with E-state index in [9.17, 15) is 9.59 Å². The molecule has 4 fully saturated rings. The zero-order chi connectivity index (χ0) is 19.4. The zero-order valence-corrected chi connectivity index (χ0v) is 15.8. The first-order valence-corrected chi connectivity index (χ1v) is 9.72. The van der Waals surface area contributed by atoms with Crippen molar-refractivity contribution in [2.45, 2.75) is 43.8 Å². The molecule has 1 spiro atoms. The smallest absolute Gasteiger partial charge is 0.233 e. The lowest BCUT2D eigenvalue weighted by molar-refractivity contribution is -0.135. The first-order chi connectivity index (χ1) is 13.5. The van der Waals surface area contributed by atoms with Crippen molar-refractivity contribution in [3.05, 3.63) is 24.7 Å². The van der Waals surface area contributed by atoms with Gasteiger partial charge < -0.3 is 20.7 Å². The normalized spacial score (nSPS) is 30.2. The summed E-state index contributed by atoms with van der Waals surface area (Å²) >= 11 is 0. The van der Waals surface area contributed by atoms with Crippen LogP contribution in [0.2, 0.25) is 0 Å². The Balaban J connectivity index is 1.41. The SMILES string of the molecule is CC(=O)NCC12CC(C(=O)Nc3ccc4ncnn4c3)(C1)C1(CCNCC1)O2. The summed E-state index contributed by atoms with van der Waals surface area (Å²) in [7, 11) is 0. The molecule has 1 aliphatic carbocycles. The highest BCUT2D eigenvalue weighted by atomic mass is 16.5. The molecule has 2 bridgehead atoms. The van der Waals surface area contributed by atoms with Crippen LogP contribution in [0, 0.1) is 5.41 Å². The number of hydrogen-bond donors (Lipinski definition) is 3. The van der Waals surface area contributed by atoms with Crippen LogP contribution in [0.5, 0.6) is 0 Å². The molecule has 4 aliphatic rings. The number of carbonyl (C=O) groups excluding carboxylic acids is 2. The minimum absolute atomic E-state index is 0.00943. The number of nitrogens with one attached hydrogen (secondary N) is 3. The van der Waals surface area contributed by atoms with Gasteiger partial charge in [0.1, 0.15) is 6.33 Å². The summed E-state index contributed by atoms with van der Waals surface area (Å²) in [6, 6.07) is 3.67.